The predicted octanol–water partition coefficient (Wildman–Crippen LogP) is 1.86. The summed E-state index contributed by atoms with van der Waals surface area (Å²) in [5.74, 6) is 0.890. The highest BCUT2D eigenvalue weighted by atomic mass is 32.1. The van der Waals surface area contributed by atoms with Gasteiger partial charge in [0, 0.05) is 0 Å². The molecule has 0 radical (unpaired) electrons. The highest BCUT2D eigenvalue weighted by molar-refractivity contribution is 7.80. The summed E-state index contributed by atoms with van der Waals surface area (Å²) in [6.07, 6.45) is 3.88. The Morgan fingerprint density at radius 3 is 2.56 bits per heavy atom. The van der Waals surface area contributed by atoms with E-state index in [4.69, 9.17) is 5.11 Å². The second-order valence-electron chi connectivity index (χ2n) is 2.31. The minimum Gasteiger partial charge on any atom is -0.393 e. The molecule has 0 amide bonds. The van der Waals surface area contributed by atoms with Gasteiger partial charge in [-0.15, -0.1) is 0 Å². The van der Waals surface area contributed by atoms with Gasteiger partial charge < -0.3 is 5.11 Å². The largest absolute Gasteiger partial charge is 0.393 e. The van der Waals surface area contributed by atoms with E-state index in [-0.39, 0.29) is 6.10 Å². The highest BCUT2D eigenvalue weighted by Gasteiger charge is 1.99. The first kappa shape index (κ1) is 9.31. The second-order valence-corrected chi connectivity index (χ2v) is 2.76. The van der Waals surface area contributed by atoms with Crippen molar-refractivity contribution in [2.45, 2.75) is 38.7 Å². The van der Waals surface area contributed by atoms with Gasteiger partial charge in [-0.1, -0.05) is 13.3 Å². The third kappa shape index (κ3) is 6.19. The summed E-state index contributed by atoms with van der Waals surface area (Å²) >= 11 is 4.05. The van der Waals surface area contributed by atoms with Crippen molar-refractivity contribution in [3.05, 3.63) is 0 Å². The van der Waals surface area contributed by atoms with E-state index in [1.54, 1.807) is 0 Å². The molecule has 1 N–H and O–H groups in total. The summed E-state index contributed by atoms with van der Waals surface area (Å²) in [5, 5.41) is 9.15. The minimum atomic E-state index is -0.0813. The van der Waals surface area contributed by atoms with Crippen LogP contribution in [0, 0.1) is 0 Å². The Kier molecular flexibility index (Phi) is 6.65. The SMILES string of the molecule is CCC[C@@H](O)CCCS. The number of hydrogen-bond acceptors (Lipinski definition) is 2. The number of rotatable bonds is 5. The van der Waals surface area contributed by atoms with Gasteiger partial charge in [-0.2, -0.15) is 12.6 Å². The van der Waals surface area contributed by atoms with E-state index >= 15 is 0 Å². The van der Waals surface area contributed by atoms with Crippen LogP contribution in [0.1, 0.15) is 32.6 Å². The van der Waals surface area contributed by atoms with Crippen molar-refractivity contribution in [3.8, 4) is 0 Å². The Morgan fingerprint density at radius 1 is 1.44 bits per heavy atom. The van der Waals surface area contributed by atoms with Gasteiger partial charge in [0.2, 0.25) is 0 Å². The van der Waals surface area contributed by atoms with Gasteiger partial charge in [-0.25, -0.2) is 0 Å². The third-order valence-electron chi connectivity index (χ3n) is 1.32. The summed E-state index contributed by atoms with van der Waals surface area (Å²) < 4.78 is 0. The summed E-state index contributed by atoms with van der Waals surface area (Å²) in [6.45, 7) is 2.09. The minimum absolute atomic E-state index is 0.0813. The Labute approximate surface area is 62.9 Å². The molecule has 2 heteroatoms. The average Bonchev–Trinajstić information content (AvgIpc) is 1.85. The van der Waals surface area contributed by atoms with E-state index in [2.05, 4.69) is 19.6 Å². The van der Waals surface area contributed by atoms with Crippen LogP contribution in [0.15, 0.2) is 0 Å². The second kappa shape index (κ2) is 6.43. The highest BCUT2D eigenvalue weighted by Crippen LogP contribution is 2.04. The lowest BCUT2D eigenvalue weighted by molar-refractivity contribution is 0.153. The molecule has 0 aromatic carbocycles. The molecule has 0 fully saturated rings. The van der Waals surface area contributed by atoms with Crippen molar-refractivity contribution < 1.29 is 5.11 Å². The van der Waals surface area contributed by atoms with Crippen LogP contribution >= 0.6 is 12.6 Å². The van der Waals surface area contributed by atoms with Gasteiger partial charge >= 0.3 is 0 Å². The Bertz CT molecular complexity index is 56.9. The van der Waals surface area contributed by atoms with E-state index in [0.29, 0.717) is 0 Å². The monoisotopic (exact) mass is 148 g/mol. The van der Waals surface area contributed by atoms with Crippen molar-refractivity contribution in [3.63, 3.8) is 0 Å². The predicted molar refractivity (Wildman–Crippen MR) is 44.0 cm³/mol. The van der Waals surface area contributed by atoms with Crippen LogP contribution in [-0.4, -0.2) is 17.0 Å². The normalized spacial score (nSPS) is 13.7. The summed E-state index contributed by atoms with van der Waals surface area (Å²) in [6, 6.07) is 0. The molecule has 0 aromatic rings. The molecule has 0 aliphatic rings. The van der Waals surface area contributed by atoms with Crippen LogP contribution < -0.4 is 0 Å². The standard InChI is InChI=1S/C7H16OS/c1-2-4-7(8)5-3-6-9/h7-9H,2-6H2,1H3/t7-/m1/s1. The number of thiol groups is 1. The van der Waals surface area contributed by atoms with Crippen molar-refractivity contribution in [1.29, 1.82) is 0 Å². The fourth-order valence-electron chi connectivity index (χ4n) is 0.804. The molecule has 0 spiro atoms. The van der Waals surface area contributed by atoms with Crippen molar-refractivity contribution in [2.24, 2.45) is 0 Å². The zero-order valence-corrected chi connectivity index (χ0v) is 6.90. The Balaban J connectivity index is 2.95. The van der Waals surface area contributed by atoms with Gasteiger partial charge in [0.05, 0.1) is 6.10 Å². The molecule has 0 aliphatic heterocycles. The quantitative estimate of drug-likeness (QED) is 0.570. The van der Waals surface area contributed by atoms with Gasteiger partial charge in [0.15, 0.2) is 0 Å². The topological polar surface area (TPSA) is 20.2 Å². The maximum absolute atomic E-state index is 9.15. The zero-order chi connectivity index (χ0) is 7.11. The summed E-state index contributed by atoms with van der Waals surface area (Å²) in [4.78, 5) is 0. The molecule has 0 unspecified atom stereocenters. The van der Waals surface area contributed by atoms with E-state index in [0.717, 1.165) is 31.4 Å². The molecule has 0 heterocycles. The molecule has 9 heavy (non-hydrogen) atoms. The number of aliphatic hydroxyl groups is 1. The van der Waals surface area contributed by atoms with Gasteiger partial charge in [0.25, 0.3) is 0 Å². The molecule has 0 rings (SSSR count). The molecule has 0 bridgehead atoms. The van der Waals surface area contributed by atoms with Crippen LogP contribution in [0.3, 0.4) is 0 Å². The molecule has 0 aromatic heterocycles. The fourth-order valence-corrected chi connectivity index (χ4v) is 0.987. The van der Waals surface area contributed by atoms with E-state index < -0.39 is 0 Å². The van der Waals surface area contributed by atoms with Crippen molar-refractivity contribution in [1.82, 2.24) is 0 Å². The summed E-state index contributed by atoms with van der Waals surface area (Å²) in [7, 11) is 0. The Morgan fingerprint density at radius 2 is 2.11 bits per heavy atom. The van der Waals surface area contributed by atoms with Crippen LogP contribution in [0.4, 0.5) is 0 Å². The molecular weight excluding hydrogens is 132 g/mol. The smallest absolute Gasteiger partial charge is 0.0540 e. The first-order valence-electron chi connectivity index (χ1n) is 3.60. The molecule has 1 atom stereocenters. The van der Waals surface area contributed by atoms with Gasteiger partial charge in [0.1, 0.15) is 0 Å². The van der Waals surface area contributed by atoms with E-state index in [9.17, 15) is 0 Å². The molecule has 56 valence electrons. The average molecular weight is 148 g/mol. The van der Waals surface area contributed by atoms with Crippen LogP contribution in [0.25, 0.3) is 0 Å². The number of aliphatic hydroxyl groups excluding tert-OH is 1. The molecule has 0 aliphatic carbocycles. The molecule has 0 saturated heterocycles. The van der Waals surface area contributed by atoms with Crippen molar-refractivity contribution in [2.75, 3.05) is 5.75 Å². The molecular formula is C7H16OS. The Hall–Kier alpha value is 0.310. The maximum atomic E-state index is 9.15. The van der Waals surface area contributed by atoms with Gasteiger partial charge in [-0.05, 0) is 25.0 Å². The lowest BCUT2D eigenvalue weighted by Crippen LogP contribution is -2.05. The lowest BCUT2D eigenvalue weighted by Gasteiger charge is -2.06. The molecule has 1 nitrogen and oxygen atoms in total. The zero-order valence-electron chi connectivity index (χ0n) is 6.01. The van der Waals surface area contributed by atoms with E-state index in [1.165, 1.54) is 0 Å². The van der Waals surface area contributed by atoms with Crippen LogP contribution in [0.2, 0.25) is 0 Å². The fraction of sp³-hybridized carbons (Fsp3) is 1.00. The third-order valence-corrected chi connectivity index (χ3v) is 1.63. The first-order chi connectivity index (χ1) is 4.31. The van der Waals surface area contributed by atoms with Gasteiger partial charge in [-0.3, -0.25) is 0 Å². The lowest BCUT2D eigenvalue weighted by atomic mass is 10.1. The molecule has 0 saturated carbocycles. The van der Waals surface area contributed by atoms with Crippen molar-refractivity contribution >= 4 is 12.6 Å². The van der Waals surface area contributed by atoms with Crippen LogP contribution in [0.5, 0.6) is 0 Å². The van der Waals surface area contributed by atoms with Crippen LogP contribution in [-0.2, 0) is 0 Å². The maximum Gasteiger partial charge on any atom is 0.0540 e. The van der Waals surface area contributed by atoms with E-state index in [1.807, 2.05) is 0 Å². The first-order valence-corrected chi connectivity index (χ1v) is 4.23. The number of hydrogen-bond donors (Lipinski definition) is 2. The summed E-state index contributed by atoms with van der Waals surface area (Å²) in [5.41, 5.74) is 0.